The van der Waals surface area contributed by atoms with Crippen molar-refractivity contribution in [3.63, 3.8) is 0 Å². The molecule has 0 aromatic carbocycles. The maximum atomic E-state index is 10.8. The van der Waals surface area contributed by atoms with Gasteiger partial charge in [-0.3, -0.25) is 10.1 Å². The molecule has 0 spiro atoms. The molecule has 2 heterocycles. The van der Waals surface area contributed by atoms with Gasteiger partial charge in [0.15, 0.2) is 0 Å². The molecular formula is C10H15ClN4O2. The molecule has 1 aliphatic rings. The van der Waals surface area contributed by atoms with Gasteiger partial charge in [0.05, 0.1) is 12.6 Å². The Balaban J connectivity index is 0.00000144. The minimum Gasteiger partial charge on any atom is -0.350 e. The van der Waals surface area contributed by atoms with Crippen molar-refractivity contribution in [2.45, 2.75) is 18.5 Å². The molecule has 1 aliphatic heterocycles. The number of rotatable bonds is 2. The van der Waals surface area contributed by atoms with Crippen LogP contribution in [0.3, 0.4) is 0 Å². The van der Waals surface area contributed by atoms with Crippen molar-refractivity contribution >= 4 is 18.2 Å². The number of pyridine rings is 1. The Morgan fingerprint density at radius 2 is 2.29 bits per heavy atom. The number of nitro groups is 1. The zero-order valence-electron chi connectivity index (χ0n) is 9.23. The van der Waals surface area contributed by atoms with Gasteiger partial charge in [0.2, 0.25) is 6.04 Å². The molecule has 7 heteroatoms. The molecule has 1 saturated heterocycles. The summed E-state index contributed by atoms with van der Waals surface area (Å²) in [5, 5.41) is 10.8. The zero-order valence-corrected chi connectivity index (χ0v) is 10.0. The molecule has 1 aromatic rings. The van der Waals surface area contributed by atoms with Crippen molar-refractivity contribution < 1.29 is 4.92 Å². The number of nitrogens with two attached hydrogens (primary N) is 1. The second-order valence-electron chi connectivity index (χ2n) is 3.94. The molecule has 1 aromatic heterocycles. The summed E-state index contributed by atoms with van der Waals surface area (Å²) in [6.45, 7) is 1.06. The lowest BCUT2D eigenvalue weighted by atomic mass is 10.0. The van der Waals surface area contributed by atoms with Crippen LogP contribution in [-0.4, -0.2) is 35.1 Å². The largest absolute Gasteiger partial charge is 0.350 e. The van der Waals surface area contributed by atoms with E-state index in [1.165, 1.54) is 0 Å². The predicted molar refractivity (Wildman–Crippen MR) is 67.1 cm³/mol. The molecule has 2 unspecified atom stereocenters. The second kappa shape index (κ2) is 5.79. The van der Waals surface area contributed by atoms with Crippen LogP contribution in [0.4, 0.5) is 5.82 Å². The molecule has 6 nitrogen and oxygen atoms in total. The number of halogens is 1. The van der Waals surface area contributed by atoms with Crippen LogP contribution < -0.4 is 10.6 Å². The maximum absolute atomic E-state index is 10.8. The molecule has 0 amide bonds. The Morgan fingerprint density at radius 3 is 2.88 bits per heavy atom. The lowest BCUT2D eigenvalue weighted by Crippen LogP contribution is -2.54. The first-order valence-electron chi connectivity index (χ1n) is 5.23. The molecule has 94 valence electrons. The minimum atomic E-state index is -0.698. The van der Waals surface area contributed by atoms with E-state index in [1.807, 2.05) is 23.1 Å². The van der Waals surface area contributed by atoms with Crippen LogP contribution in [0.25, 0.3) is 0 Å². The molecule has 0 saturated carbocycles. The summed E-state index contributed by atoms with van der Waals surface area (Å²) in [5.74, 6) is 0.779. The topological polar surface area (TPSA) is 85.3 Å². The van der Waals surface area contributed by atoms with Gasteiger partial charge in [0, 0.05) is 17.7 Å². The van der Waals surface area contributed by atoms with Gasteiger partial charge < -0.3 is 10.6 Å². The second-order valence-corrected chi connectivity index (χ2v) is 3.94. The SMILES string of the molecule is Cl.NC1CCN(c2ccccn2)CC1[N+](=O)[O-]. The Kier molecular flexibility index (Phi) is 4.65. The Labute approximate surface area is 105 Å². The van der Waals surface area contributed by atoms with E-state index in [1.54, 1.807) is 6.20 Å². The van der Waals surface area contributed by atoms with Gasteiger partial charge in [-0.2, -0.15) is 0 Å². The summed E-state index contributed by atoms with van der Waals surface area (Å²) < 4.78 is 0. The average molecular weight is 259 g/mol. The van der Waals surface area contributed by atoms with E-state index in [9.17, 15) is 10.1 Å². The van der Waals surface area contributed by atoms with E-state index in [-0.39, 0.29) is 23.4 Å². The molecule has 0 aliphatic carbocycles. The number of piperidine rings is 1. The van der Waals surface area contributed by atoms with Gasteiger partial charge in [0.25, 0.3) is 0 Å². The fourth-order valence-electron chi connectivity index (χ4n) is 1.92. The Hall–Kier alpha value is -1.40. The molecule has 2 atom stereocenters. The third-order valence-electron chi connectivity index (χ3n) is 2.88. The quantitative estimate of drug-likeness (QED) is 0.623. The van der Waals surface area contributed by atoms with Crippen LogP contribution >= 0.6 is 12.4 Å². The fourth-order valence-corrected chi connectivity index (χ4v) is 1.92. The molecule has 0 bridgehead atoms. The van der Waals surface area contributed by atoms with E-state index < -0.39 is 6.04 Å². The first-order chi connectivity index (χ1) is 7.68. The van der Waals surface area contributed by atoms with Crippen molar-refractivity contribution in [1.82, 2.24) is 4.98 Å². The van der Waals surface area contributed by atoms with Gasteiger partial charge in [-0.25, -0.2) is 4.98 Å². The third-order valence-corrected chi connectivity index (χ3v) is 2.88. The Morgan fingerprint density at radius 1 is 1.53 bits per heavy atom. The predicted octanol–water partition coefficient (Wildman–Crippen LogP) is 0.686. The van der Waals surface area contributed by atoms with Gasteiger partial charge in [-0.1, -0.05) is 6.07 Å². The minimum absolute atomic E-state index is 0. The number of anilines is 1. The molecule has 17 heavy (non-hydrogen) atoms. The summed E-state index contributed by atoms with van der Waals surface area (Å²) in [4.78, 5) is 16.6. The zero-order chi connectivity index (χ0) is 11.5. The monoisotopic (exact) mass is 258 g/mol. The van der Waals surface area contributed by atoms with E-state index >= 15 is 0 Å². The van der Waals surface area contributed by atoms with E-state index in [0.717, 1.165) is 12.4 Å². The van der Waals surface area contributed by atoms with Crippen molar-refractivity contribution in [3.8, 4) is 0 Å². The van der Waals surface area contributed by atoms with Gasteiger partial charge in [0.1, 0.15) is 5.82 Å². The standard InChI is InChI=1S/C10H14N4O2.ClH/c11-8-4-6-13(7-9(8)14(15)16)10-3-1-2-5-12-10;/h1-3,5,8-9H,4,6-7,11H2;1H. The highest BCUT2D eigenvalue weighted by Gasteiger charge is 2.35. The normalized spacial score (nSPS) is 23.9. The van der Waals surface area contributed by atoms with Gasteiger partial charge in [-0.05, 0) is 18.6 Å². The maximum Gasteiger partial charge on any atom is 0.245 e. The molecule has 2 N–H and O–H groups in total. The highest BCUT2D eigenvalue weighted by molar-refractivity contribution is 5.85. The molecule has 2 rings (SSSR count). The number of nitrogens with zero attached hydrogens (tertiary/aromatic N) is 3. The molecule has 0 radical (unpaired) electrons. The Bertz CT molecular complexity index is 376. The van der Waals surface area contributed by atoms with Crippen LogP contribution in [0.5, 0.6) is 0 Å². The van der Waals surface area contributed by atoms with Crippen LogP contribution in [0.1, 0.15) is 6.42 Å². The number of aromatic nitrogens is 1. The molecular weight excluding hydrogens is 244 g/mol. The lowest BCUT2D eigenvalue weighted by Gasteiger charge is -2.32. The van der Waals surface area contributed by atoms with Gasteiger partial charge >= 0.3 is 0 Å². The van der Waals surface area contributed by atoms with E-state index in [2.05, 4.69) is 4.98 Å². The highest BCUT2D eigenvalue weighted by atomic mass is 35.5. The van der Waals surface area contributed by atoms with Gasteiger partial charge in [-0.15, -0.1) is 12.4 Å². The highest BCUT2D eigenvalue weighted by Crippen LogP contribution is 2.17. The summed E-state index contributed by atoms with van der Waals surface area (Å²) in [5.41, 5.74) is 5.73. The number of hydrogen-bond acceptors (Lipinski definition) is 5. The molecule has 1 fully saturated rings. The van der Waals surface area contributed by atoms with Crippen LogP contribution in [0, 0.1) is 10.1 Å². The summed E-state index contributed by atoms with van der Waals surface area (Å²) in [6, 6.07) is 4.50. The van der Waals surface area contributed by atoms with E-state index in [4.69, 9.17) is 5.73 Å². The summed E-state index contributed by atoms with van der Waals surface area (Å²) in [7, 11) is 0. The van der Waals surface area contributed by atoms with Crippen LogP contribution in [0.2, 0.25) is 0 Å². The fraction of sp³-hybridized carbons (Fsp3) is 0.500. The van der Waals surface area contributed by atoms with Crippen LogP contribution in [0.15, 0.2) is 24.4 Å². The van der Waals surface area contributed by atoms with Crippen LogP contribution in [-0.2, 0) is 0 Å². The smallest absolute Gasteiger partial charge is 0.245 e. The van der Waals surface area contributed by atoms with Crippen molar-refractivity contribution in [1.29, 1.82) is 0 Å². The third kappa shape index (κ3) is 3.04. The van der Waals surface area contributed by atoms with Crippen molar-refractivity contribution in [3.05, 3.63) is 34.5 Å². The number of hydrogen-bond donors (Lipinski definition) is 1. The van der Waals surface area contributed by atoms with Crippen molar-refractivity contribution in [2.75, 3.05) is 18.0 Å². The average Bonchev–Trinajstić information content (AvgIpc) is 2.30. The van der Waals surface area contributed by atoms with Crippen molar-refractivity contribution in [2.24, 2.45) is 5.73 Å². The first kappa shape index (κ1) is 13.7. The van der Waals surface area contributed by atoms with E-state index in [0.29, 0.717) is 13.0 Å². The summed E-state index contributed by atoms with van der Waals surface area (Å²) in [6.07, 6.45) is 2.31. The lowest BCUT2D eigenvalue weighted by molar-refractivity contribution is -0.524. The summed E-state index contributed by atoms with van der Waals surface area (Å²) >= 11 is 0. The first-order valence-corrected chi connectivity index (χ1v) is 5.23.